The Morgan fingerprint density at radius 3 is 2.78 bits per heavy atom. The number of H-pyrrole nitrogens is 1. The average Bonchev–Trinajstić information content (AvgIpc) is 3.57. The molecule has 1 saturated heterocycles. The van der Waals surface area contributed by atoms with Gasteiger partial charge in [-0.1, -0.05) is 34.5 Å². The van der Waals surface area contributed by atoms with Crippen molar-refractivity contribution >= 4 is 51.5 Å². The van der Waals surface area contributed by atoms with Crippen LogP contribution < -0.4 is 10.2 Å². The van der Waals surface area contributed by atoms with Gasteiger partial charge in [-0.3, -0.25) is 4.79 Å². The van der Waals surface area contributed by atoms with Crippen molar-refractivity contribution in [3.63, 3.8) is 0 Å². The molecule has 0 spiro atoms. The summed E-state index contributed by atoms with van der Waals surface area (Å²) in [5, 5.41) is 18.0. The summed E-state index contributed by atoms with van der Waals surface area (Å²) in [6.07, 6.45) is 1.52. The van der Waals surface area contributed by atoms with E-state index < -0.39 is 5.97 Å². The number of nitrogens with zero attached hydrogens (tertiary/aromatic N) is 5. The number of ether oxygens (including phenoxy) is 2. The van der Waals surface area contributed by atoms with Crippen LogP contribution in [-0.2, 0) is 16.0 Å². The summed E-state index contributed by atoms with van der Waals surface area (Å²) in [7, 11) is 3.13. The summed E-state index contributed by atoms with van der Waals surface area (Å²) in [4.78, 5) is 38.5. The number of rotatable bonds is 9. The SMILES string of the molecule is COCCn1ncnc1-c1nc(N2CC[C@@H](NC(=O)c3[nH]c(Cl)c(C)c3Cl)[C@@H](OC)C2)sc1C(=O)O. The highest BCUT2D eigenvalue weighted by molar-refractivity contribution is 7.17. The average molecular weight is 558 g/mol. The van der Waals surface area contributed by atoms with Gasteiger partial charge in [-0.15, -0.1) is 0 Å². The summed E-state index contributed by atoms with van der Waals surface area (Å²) in [5.74, 6) is -1.12. The Morgan fingerprint density at radius 1 is 1.36 bits per heavy atom. The van der Waals surface area contributed by atoms with Crippen LogP contribution in [0, 0.1) is 6.92 Å². The van der Waals surface area contributed by atoms with Crippen molar-refractivity contribution in [1.29, 1.82) is 0 Å². The standard InChI is InChI=1S/C21H25Cl2N7O5S/c1-10-13(22)14(27-17(10)23)19(31)26-11-4-5-29(8-12(11)35-3)21-28-15(16(36-21)20(32)33)18-24-9-25-30(18)6-7-34-2/h9,11-12,27H,4-8H2,1-3H3,(H,26,31)(H,32,33)/t11-,12+/m1/s1. The Bertz CT molecular complexity index is 1260. The maximum absolute atomic E-state index is 12.8. The van der Waals surface area contributed by atoms with Crippen LogP contribution in [0.2, 0.25) is 10.2 Å². The van der Waals surface area contributed by atoms with Gasteiger partial charge < -0.3 is 29.8 Å². The highest BCUT2D eigenvalue weighted by atomic mass is 35.5. The molecule has 0 bridgehead atoms. The number of thiazole rings is 1. The van der Waals surface area contributed by atoms with Gasteiger partial charge in [0.2, 0.25) is 0 Å². The van der Waals surface area contributed by atoms with Crippen molar-refractivity contribution in [3.05, 3.63) is 32.6 Å². The maximum atomic E-state index is 12.8. The van der Waals surface area contributed by atoms with Gasteiger partial charge in [0.15, 0.2) is 11.0 Å². The minimum atomic E-state index is -1.10. The predicted molar refractivity (Wildman–Crippen MR) is 134 cm³/mol. The quantitative estimate of drug-likeness (QED) is 0.361. The van der Waals surface area contributed by atoms with Crippen LogP contribution in [0.1, 0.15) is 32.1 Å². The van der Waals surface area contributed by atoms with Gasteiger partial charge in [-0.2, -0.15) is 5.10 Å². The first-order valence-electron chi connectivity index (χ1n) is 11.0. The van der Waals surface area contributed by atoms with Crippen molar-refractivity contribution in [3.8, 4) is 11.5 Å². The van der Waals surface area contributed by atoms with E-state index in [1.165, 1.54) is 6.33 Å². The fourth-order valence-electron chi connectivity index (χ4n) is 3.96. The number of methoxy groups -OCH3 is 2. The predicted octanol–water partition coefficient (Wildman–Crippen LogP) is 2.71. The molecular weight excluding hydrogens is 533 g/mol. The van der Waals surface area contributed by atoms with Crippen molar-refractivity contribution < 1.29 is 24.2 Å². The Balaban J connectivity index is 1.52. The number of hydrogen-bond acceptors (Lipinski definition) is 9. The second-order valence-corrected chi connectivity index (χ2v) is 9.85. The Labute approximate surface area is 220 Å². The summed E-state index contributed by atoms with van der Waals surface area (Å²) in [5.41, 5.74) is 1.05. The molecule has 3 aromatic rings. The molecule has 2 atom stereocenters. The topological polar surface area (TPSA) is 147 Å². The number of carboxylic acids is 1. The summed E-state index contributed by atoms with van der Waals surface area (Å²) >= 11 is 13.4. The first kappa shape index (κ1) is 26.4. The zero-order valence-electron chi connectivity index (χ0n) is 19.7. The zero-order chi connectivity index (χ0) is 26.0. The van der Waals surface area contributed by atoms with E-state index in [1.54, 1.807) is 25.8 Å². The van der Waals surface area contributed by atoms with Crippen molar-refractivity contribution in [2.75, 3.05) is 38.8 Å². The van der Waals surface area contributed by atoms with Crippen LogP contribution in [0.5, 0.6) is 0 Å². The lowest BCUT2D eigenvalue weighted by molar-refractivity contribution is 0.0540. The van der Waals surface area contributed by atoms with Gasteiger partial charge in [0, 0.05) is 32.9 Å². The zero-order valence-corrected chi connectivity index (χ0v) is 22.1. The number of carbonyl (C=O) groups is 2. The molecular formula is C21H25Cl2N7O5S. The van der Waals surface area contributed by atoms with Gasteiger partial charge in [0.1, 0.15) is 27.7 Å². The lowest BCUT2D eigenvalue weighted by Gasteiger charge is -2.37. The molecule has 4 heterocycles. The molecule has 0 unspecified atom stereocenters. The number of aromatic nitrogens is 5. The molecule has 1 amide bonds. The van der Waals surface area contributed by atoms with Gasteiger partial charge in [0.05, 0.1) is 30.3 Å². The number of nitrogens with one attached hydrogen (secondary N) is 2. The smallest absolute Gasteiger partial charge is 0.348 e. The second-order valence-electron chi connectivity index (χ2n) is 8.12. The molecule has 0 aliphatic carbocycles. The molecule has 0 radical (unpaired) electrons. The minimum Gasteiger partial charge on any atom is -0.477 e. The van der Waals surface area contributed by atoms with E-state index in [4.69, 9.17) is 32.7 Å². The van der Waals surface area contributed by atoms with Crippen LogP contribution in [0.3, 0.4) is 0 Å². The van der Waals surface area contributed by atoms with Gasteiger partial charge in [-0.25, -0.2) is 19.4 Å². The molecule has 0 aromatic carbocycles. The first-order chi connectivity index (χ1) is 17.2. The van der Waals surface area contributed by atoms with E-state index in [-0.39, 0.29) is 39.3 Å². The van der Waals surface area contributed by atoms with Gasteiger partial charge in [0.25, 0.3) is 5.91 Å². The van der Waals surface area contributed by atoms with E-state index >= 15 is 0 Å². The molecule has 1 fully saturated rings. The molecule has 3 aromatic heterocycles. The normalized spacial score (nSPS) is 18.0. The lowest BCUT2D eigenvalue weighted by Crippen LogP contribution is -2.55. The largest absolute Gasteiger partial charge is 0.477 e. The summed E-state index contributed by atoms with van der Waals surface area (Å²) in [6, 6.07) is -0.298. The molecule has 4 rings (SSSR count). The molecule has 15 heteroatoms. The molecule has 1 aliphatic heterocycles. The van der Waals surface area contributed by atoms with Crippen LogP contribution in [0.4, 0.5) is 5.13 Å². The molecule has 194 valence electrons. The third kappa shape index (κ3) is 5.20. The van der Waals surface area contributed by atoms with Crippen molar-refractivity contribution in [2.24, 2.45) is 0 Å². The number of carboxylic acid groups (broad SMARTS) is 1. The monoisotopic (exact) mass is 557 g/mol. The summed E-state index contributed by atoms with van der Waals surface area (Å²) < 4.78 is 12.3. The van der Waals surface area contributed by atoms with Crippen LogP contribution in [0.15, 0.2) is 6.33 Å². The number of amides is 1. The van der Waals surface area contributed by atoms with E-state index in [2.05, 4.69) is 25.4 Å². The van der Waals surface area contributed by atoms with Crippen molar-refractivity contribution in [2.45, 2.75) is 32.0 Å². The number of aromatic carboxylic acids is 1. The fourth-order valence-corrected chi connectivity index (χ4v) is 5.36. The highest BCUT2D eigenvalue weighted by Gasteiger charge is 2.34. The minimum absolute atomic E-state index is 0.0645. The third-order valence-electron chi connectivity index (χ3n) is 5.93. The van der Waals surface area contributed by atoms with E-state index in [0.29, 0.717) is 54.3 Å². The number of aromatic amines is 1. The molecule has 0 saturated carbocycles. The van der Waals surface area contributed by atoms with Gasteiger partial charge in [-0.05, 0) is 13.3 Å². The Hall–Kier alpha value is -2.71. The molecule has 3 N–H and O–H groups in total. The lowest BCUT2D eigenvalue weighted by atomic mass is 10.0. The Kier molecular flexibility index (Phi) is 8.15. The first-order valence-corrected chi connectivity index (χ1v) is 12.6. The van der Waals surface area contributed by atoms with Crippen LogP contribution in [-0.4, -0.2) is 87.8 Å². The number of halogens is 2. The maximum Gasteiger partial charge on any atom is 0.348 e. The number of piperidine rings is 1. The molecule has 12 nitrogen and oxygen atoms in total. The van der Waals surface area contributed by atoms with E-state index in [1.807, 2.05) is 4.90 Å². The Morgan fingerprint density at radius 2 is 2.14 bits per heavy atom. The van der Waals surface area contributed by atoms with Crippen LogP contribution in [0.25, 0.3) is 11.5 Å². The number of hydrogen-bond donors (Lipinski definition) is 3. The fraction of sp³-hybridized carbons (Fsp3) is 0.476. The third-order valence-corrected chi connectivity index (χ3v) is 7.89. The molecule has 36 heavy (non-hydrogen) atoms. The van der Waals surface area contributed by atoms with Crippen molar-refractivity contribution in [1.82, 2.24) is 30.0 Å². The van der Waals surface area contributed by atoms with E-state index in [9.17, 15) is 14.7 Å². The number of anilines is 1. The molecule has 1 aliphatic rings. The van der Waals surface area contributed by atoms with Crippen LogP contribution >= 0.6 is 34.5 Å². The number of carbonyl (C=O) groups excluding carboxylic acids is 1. The summed E-state index contributed by atoms with van der Waals surface area (Å²) in [6.45, 7) is 3.43. The highest BCUT2D eigenvalue weighted by Crippen LogP contribution is 2.34. The second kappa shape index (κ2) is 11.1. The van der Waals surface area contributed by atoms with Gasteiger partial charge >= 0.3 is 5.97 Å². The van der Waals surface area contributed by atoms with E-state index in [0.717, 1.165) is 11.3 Å².